The van der Waals surface area contributed by atoms with Crippen LogP contribution in [0.4, 0.5) is 0 Å². The van der Waals surface area contributed by atoms with Crippen molar-refractivity contribution in [1.82, 2.24) is 14.8 Å². The van der Waals surface area contributed by atoms with E-state index in [-0.39, 0.29) is 12.2 Å². The Hall–Kier alpha value is -2.84. The summed E-state index contributed by atoms with van der Waals surface area (Å²) in [4.78, 5) is 12.7. The Labute approximate surface area is 172 Å². The summed E-state index contributed by atoms with van der Waals surface area (Å²) in [5.41, 5.74) is 1.68. The summed E-state index contributed by atoms with van der Waals surface area (Å²) >= 11 is -2.01. The number of ether oxygens (including phenoxy) is 1. The number of Topliss-reactive ketones (excluding diaryl/α,β-unsaturated/α-hetero) is 1. The van der Waals surface area contributed by atoms with Crippen LogP contribution in [0.15, 0.2) is 53.4 Å². The van der Waals surface area contributed by atoms with Crippen molar-refractivity contribution in [2.45, 2.75) is 37.6 Å². The quantitative estimate of drug-likeness (QED) is 0.541. The van der Waals surface area contributed by atoms with Crippen LogP contribution in [0.5, 0.6) is 5.75 Å². The molecule has 1 unspecified atom stereocenters. The van der Waals surface area contributed by atoms with E-state index in [1.807, 2.05) is 35.8 Å². The van der Waals surface area contributed by atoms with Gasteiger partial charge in [0, 0.05) is 25.8 Å². The first-order valence-corrected chi connectivity index (χ1v) is 10.4. The third-order valence-corrected chi connectivity index (χ3v) is 5.32. The normalized spacial score (nSPS) is 12.0. The van der Waals surface area contributed by atoms with E-state index >= 15 is 0 Å². The van der Waals surface area contributed by atoms with Crippen LogP contribution >= 0.6 is 0 Å². The second-order valence-corrected chi connectivity index (χ2v) is 7.46. The molecule has 0 aliphatic carbocycles. The van der Waals surface area contributed by atoms with Crippen LogP contribution in [0.2, 0.25) is 0 Å². The van der Waals surface area contributed by atoms with Crippen molar-refractivity contribution in [3.8, 4) is 17.1 Å². The molecule has 0 bridgehead atoms. The summed E-state index contributed by atoms with van der Waals surface area (Å²) in [6.45, 7) is 2.70. The van der Waals surface area contributed by atoms with Gasteiger partial charge in [-0.25, -0.2) is 4.21 Å². The molecule has 0 spiro atoms. The lowest BCUT2D eigenvalue weighted by Gasteiger charge is -2.10. The smallest absolute Gasteiger partial charge is 0.186 e. The topological polar surface area (TPSA) is 94.3 Å². The van der Waals surface area contributed by atoms with Crippen molar-refractivity contribution in [3.63, 3.8) is 0 Å². The maximum atomic E-state index is 12.4. The highest BCUT2D eigenvalue weighted by atomic mass is 32.2. The number of para-hydroxylation sites is 1. The average Bonchev–Trinajstić information content (AvgIpc) is 3.15. The number of rotatable bonds is 9. The van der Waals surface area contributed by atoms with E-state index in [4.69, 9.17) is 9.29 Å². The molecule has 8 heteroatoms. The molecule has 1 N–H and O–H groups in total. The molecule has 0 radical (unpaired) electrons. The zero-order valence-electron chi connectivity index (χ0n) is 16.4. The van der Waals surface area contributed by atoms with E-state index in [1.165, 1.54) is 0 Å². The molecule has 1 heterocycles. The number of aryl methyl sites for hydroxylation is 1. The van der Waals surface area contributed by atoms with E-state index < -0.39 is 11.1 Å². The lowest BCUT2D eigenvalue weighted by atomic mass is 10.1. The summed E-state index contributed by atoms with van der Waals surface area (Å²) in [5.74, 6) is 2.28. The standard InChI is InChI=1S/C21H23N3O4S/c1-3-24-20(22-23-21(24)18-6-4-5-7-19(18)28-2)13-10-16(25)14-15-8-11-17(12-9-15)29(26)27/h4-9,11-12H,3,10,13-14H2,1-2H3,(H,26,27). The van der Waals surface area contributed by atoms with Gasteiger partial charge in [0.2, 0.25) is 0 Å². The number of nitrogens with zero attached hydrogens (tertiary/aromatic N) is 3. The molecule has 2 aromatic carbocycles. The number of hydrogen-bond donors (Lipinski definition) is 1. The molecule has 0 saturated carbocycles. The Bertz CT molecular complexity index is 1020. The molecule has 0 aliphatic rings. The maximum absolute atomic E-state index is 12.4. The van der Waals surface area contributed by atoms with Crippen molar-refractivity contribution in [1.29, 1.82) is 0 Å². The van der Waals surface area contributed by atoms with Crippen LogP contribution in [-0.4, -0.2) is 36.4 Å². The SMILES string of the molecule is CCn1c(CCC(=O)Cc2ccc(S(=O)O)cc2)nnc1-c1ccccc1OC. The molecule has 3 rings (SSSR count). The van der Waals surface area contributed by atoms with E-state index in [9.17, 15) is 9.00 Å². The number of methoxy groups -OCH3 is 1. The minimum absolute atomic E-state index is 0.0763. The molecular weight excluding hydrogens is 390 g/mol. The largest absolute Gasteiger partial charge is 0.496 e. The number of benzene rings is 2. The Morgan fingerprint density at radius 2 is 1.86 bits per heavy atom. The van der Waals surface area contributed by atoms with Gasteiger partial charge in [-0.05, 0) is 36.8 Å². The molecule has 7 nitrogen and oxygen atoms in total. The predicted octanol–water partition coefficient (Wildman–Crippen LogP) is 3.30. The Morgan fingerprint density at radius 1 is 1.14 bits per heavy atom. The first-order valence-electron chi connectivity index (χ1n) is 9.30. The zero-order chi connectivity index (χ0) is 20.8. The van der Waals surface area contributed by atoms with E-state index in [1.54, 1.807) is 31.4 Å². The second kappa shape index (κ2) is 9.58. The predicted molar refractivity (Wildman–Crippen MR) is 110 cm³/mol. The molecule has 0 saturated heterocycles. The van der Waals surface area contributed by atoms with Crippen LogP contribution in [0, 0.1) is 0 Å². The van der Waals surface area contributed by atoms with Gasteiger partial charge < -0.3 is 13.9 Å². The number of aromatic nitrogens is 3. The monoisotopic (exact) mass is 413 g/mol. The molecule has 0 amide bonds. The first-order chi connectivity index (χ1) is 14.0. The molecule has 3 aromatic rings. The van der Waals surface area contributed by atoms with Gasteiger partial charge in [-0.1, -0.05) is 24.3 Å². The van der Waals surface area contributed by atoms with Gasteiger partial charge in [0.1, 0.15) is 17.4 Å². The van der Waals surface area contributed by atoms with E-state index in [0.29, 0.717) is 24.3 Å². The summed E-state index contributed by atoms with van der Waals surface area (Å²) in [6, 6.07) is 14.2. The average molecular weight is 413 g/mol. The molecule has 1 aromatic heterocycles. The molecule has 152 valence electrons. The highest BCUT2D eigenvalue weighted by molar-refractivity contribution is 7.79. The number of carbonyl (C=O) groups excluding carboxylic acids is 1. The van der Waals surface area contributed by atoms with Crippen molar-refractivity contribution in [2.24, 2.45) is 0 Å². The van der Waals surface area contributed by atoms with Crippen molar-refractivity contribution in [2.75, 3.05) is 7.11 Å². The van der Waals surface area contributed by atoms with Crippen molar-refractivity contribution in [3.05, 3.63) is 59.9 Å². The van der Waals surface area contributed by atoms with Gasteiger partial charge in [0.25, 0.3) is 0 Å². The fraction of sp³-hybridized carbons (Fsp3) is 0.286. The summed E-state index contributed by atoms with van der Waals surface area (Å²) in [7, 11) is 1.62. The van der Waals surface area contributed by atoms with Gasteiger partial charge in [0.05, 0.1) is 17.6 Å². The van der Waals surface area contributed by atoms with Crippen LogP contribution in [0.3, 0.4) is 0 Å². The molecular formula is C21H23N3O4S. The Balaban J connectivity index is 1.68. The number of hydrogen-bond acceptors (Lipinski definition) is 5. The molecule has 0 fully saturated rings. The molecule has 1 atom stereocenters. The molecule has 29 heavy (non-hydrogen) atoms. The molecule has 0 aliphatic heterocycles. The minimum Gasteiger partial charge on any atom is -0.496 e. The third-order valence-electron chi connectivity index (χ3n) is 4.65. The van der Waals surface area contributed by atoms with Crippen molar-refractivity contribution >= 4 is 16.9 Å². The lowest BCUT2D eigenvalue weighted by molar-refractivity contribution is -0.118. The van der Waals surface area contributed by atoms with E-state index in [2.05, 4.69) is 10.2 Å². The van der Waals surface area contributed by atoms with Crippen LogP contribution < -0.4 is 4.74 Å². The lowest BCUT2D eigenvalue weighted by Crippen LogP contribution is -2.09. The van der Waals surface area contributed by atoms with Crippen LogP contribution in [0.1, 0.15) is 24.7 Å². The number of carbonyl (C=O) groups is 1. The minimum atomic E-state index is -2.01. The van der Waals surface area contributed by atoms with Gasteiger partial charge in [-0.15, -0.1) is 10.2 Å². The highest BCUT2D eigenvalue weighted by Gasteiger charge is 2.17. The van der Waals surface area contributed by atoms with E-state index in [0.717, 1.165) is 28.5 Å². The third kappa shape index (κ3) is 4.96. The van der Waals surface area contributed by atoms with Gasteiger partial charge in [-0.3, -0.25) is 4.79 Å². The van der Waals surface area contributed by atoms with Gasteiger partial charge in [0.15, 0.2) is 16.9 Å². The second-order valence-electron chi connectivity index (χ2n) is 6.49. The van der Waals surface area contributed by atoms with Crippen LogP contribution in [-0.2, 0) is 35.3 Å². The Morgan fingerprint density at radius 3 is 2.52 bits per heavy atom. The maximum Gasteiger partial charge on any atom is 0.186 e. The summed E-state index contributed by atoms with van der Waals surface area (Å²) < 4.78 is 27.5. The van der Waals surface area contributed by atoms with Gasteiger partial charge >= 0.3 is 0 Å². The fourth-order valence-electron chi connectivity index (χ4n) is 3.17. The summed E-state index contributed by atoms with van der Waals surface area (Å²) in [5, 5.41) is 8.62. The zero-order valence-corrected chi connectivity index (χ0v) is 17.2. The fourth-order valence-corrected chi connectivity index (χ4v) is 3.54. The van der Waals surface area contributed by atoms with Gasteiger partial charge in [-0.2, -0.15) is 0 Å². The first kappa shape index (κ1) is 20.9. The van der Waals surface area contributed by atoms with Crippen LogP contribution in [0.25, 0.3) is 11.4 Å². The summed E-state index contributed by atoms with van der Waals surface area (Å²) in [6.07, 6.45) is 1.11. The highest BCUT2D eigenvalue weighted by Crippen LogP contribution is 2.28. The number of ketones is 1. The Kier molecular flexibility index (Phi) is 6.90. The van der Waals surface area contributed by atoms with Crippen molar-refractivity contribution < 1.29 is 18.3 Å².